The van der Waals surface area contributed by atoms with Gasteiger partial charge in [0.05, 0.1) is 0 Å². The Morgan fingerprint density at radius 2 is 0.500 bits per heavy atom. The zero-order valence-corrected chi connectivity index (χ0v) is 21.3. The van der Waals surface area contributed by atoms with Gasteiger partial charge in [-0.2, -0.15) is 0 Å². The number of hydrogen-bond donors (Lipinski definition) is 0. The van der Waals surface area contributed by atoms with Crippen molar-refractivity contribution in [2.24, 2.45) is 0 Å². The van der Waals surface area contributed by atoms with Crippen molar-refractivity contribution in [1.29, 1.82) is 0 Å². The van der Waals surface area contributed by atoms with Gasteiger partial charge in [0.25, 0.3) is 0 Å². The average molecular weight is 529 g/mol. The summed E-state index contributed by atoms with van der Waals surface area (Å²) in [7, 11) is 0. The molecule has 0 aliphatic carbocycles. The molecule has 0 heterocycles. The molecule has 0 N–H and O–H groups in total. The molecule has 0 rings (SSSR count). The monoisotopic (exact) mass is 530 g/mol. The van der Waals surface area contributed by atoms with Gasteiger partial charge in [0.1, 0.15) is 0 Å². The second kappa shape index (κ2) is 42.9. The molecule has 0 saturated carbocycles. The van der Waals surface area contributed by atoms with Crippen molar-refractivity contribution < 1.29 is 60.0 Å². The Balaban J connectivity index is -0.0000000150. The maximum absolute atomic E-state index is 8.33. The van der Waals surface area contributed by atoms with Crippen molar-refractivity contribution in [3.05, 3.63) is 0 Å². The van der Waals surface area contributed by atoms with E-state index in [1.54, 1.807) is 0 Å². The maximum Gasteiger partial charge on any atom is 2.00 e. The van der Waals surface area contributed by atoms with E-state index in [9.17, 15) is 0 Å². The number of carbonyl (C=O) groups excluding carboxylic acids is 4. The van der Waals surface area contributed by atoms with Crippen molar-refractivity contribution >= 4 is 180 Å². The first-order chi connectivity index (χ1) is 6.93. The number of carbonyl (C=O) groups is 4. The van der Waals surface area contributed by atoms with Crippen LogP contribution in [0.3, 0.4) is 0 Å². The van der Waals surface area contributed by atoms with Crippen LogP contribution in [0.5, 0.6) is 0 Å². The first kappa shape index (κ1) is 49.5. The molecule has 0 spiro atoms. The van der Waals surface area contributed by atoms with Crippen LogP contribution in [0.15, 0.2) is 0 Å². The van der Waals surface area contributed by atoms with E-state index in [-0.39, 0.29) is 155 Å². The van der Waals surface area contributed by atoms with Crippen LogP contribution < -0.4 is 40.9 Å². The quantitative estimate of drug-likeness (QED) is 0.265. The minimum Gasteiger partial charge on any atom is -0.652 e. The van der Waals surface area contributed by atoms with E-state index in [2.05, 4.69) is 0 Å². The first-order valence-corrected chi connectivity index (χ1v) is 2.45. The van der Waals surface area contributed by atoms with Crippen LogP contribution in [0, 0.1) is 0 Å². The predicted octanol–water partition coefficient (Wildman–Crippen LogP) is -11.3. The minimum absolute atomic E-state index is 0. The third-order valence-electron chi connectivity index (χ3n) is 0. The molecule has 0 unspecified atom stereocenters. The number of hydrogen-bond acceptors (Lipinski definition) is 12. The Labute approximate surface area is 234 Å². The minimum atomic E-state index is -2.33. The topological polar surface area (TPSA) is 253 Å². The van der Waals surface area contributed by atoms with Crippen LogP contribution in [-0.4, -0.2) is 180 Å². The van der Waals surface area contributed by atoms with Crippen LogP contribution in [0.4, 0.5) is 19.2 Å². The smallest absolute Gasteiger partial charge is 0.652 e. The van der Waals surface area contributed by atoms with Gasteiger partial charge in [-0.1, -0.05) is 0 Å². The zero-order chi connectivity index (χ0) is 14.3. The Bertz CT molecular complexity index is 175. The summed E-state index contributed by atoms with van der Waals surface area (Å²) >= 11 is 0. The molecule has 0 fully saturated rings. The van der Waals surface area contributed by atoms with E-state index in [1.165, 1.54) is 0 Å². The molecule has 12 nitrogen and oxygen atoms in total. The van der Waals surface area contributed by atoms with Gasteiger partial charge >= 0.3 is 155 Å². The van der Waals surface area contributed by atoms with E-state index in [0.717, 1.165) is 0 Å². The van der Waals surface area contributed by atoms with E-state index >= 15 is 0 Å². The summed E-state index contributed by atoms with van der Waals surface area (Å²) in [6, 6.07) is 0. The second-order valence-electron chi connectivity index (χ2n) is 1.00. The van der Waals surface area contributed by atoms with Gasteiger partial charge in [0, 0.05) is 0 Å². The van der Waals surface area contributed by atoms with Gasteiger partial charge < -0.3 is 60.0 Å². The molecule has 0 radical (unpaired) electrons. The molecule has 16 heteroatoms. The first-order valence-electron chi connectivity index (χ1n) is 2.45. The van der Waals surface area contributed by atoms with Crippen molar-refractivity contribution in [3.63, 3.8) is 0 Å². The van der Waals surface area contributed by atoms with E-state index < -0.39 is 24.6 Å². The maximum atomic E-state index is 8.33. The van der Waals surface area contributed by atoms with Crippen LogP contribution in [0.2, 0.25) is 0 Å². The van der Waals surface area contributed by atoms with Crippen LogP contribution in [0.1, 0.15) is 0 Å². The van der Waals surface area contributed by atoms with E-state index in [4.69, 9.17) is 60.0 Å². The second-order valence-corrected chi connectivity index (χ2v) is 1.00. The molecule has 0 saturated heterocycles. The average Bonchev–Trinajstić information content (AvgIpc) is 1.76. The van der Waals surface area contributed by atoms with Gasteiger partial charge in [-0.15, -0.1) is 0 Å². The standard InChI is InChI=1S/4CH2O3.Ba.Ca.Mg.Sr/c4*2-1(3)4;;;;/h4*(H2,2,3,4);;;;/q;;;;4*+2/p-8. The third-order valence-corrected chi connectivity index (χ3v) is 0. The molecule has 0 bridgehead atoms. The fourth-order valence-corrected chi connectivity index (χ4v) is 0. The SMILES string of the molecule is O=C([O-])[O-].O=C([O-])[O-].O=C([O-])[O-].O=C([O-])[O-].[Ba+2].[Ca+2].[Mg+2].[Sr+2]. The molecule has 0 aliphatic rings. The molecule has 20 heavy (non-hydrogen) atoms. The van der Waals surface area contributed by atoms with Crippen molar-refractivity contribution in [1.82, 2.24) is 0 Å². The molecule has 0 aliphatic heterocycles. The van der Waals surface area contributed by atoms with Gasteiger partial charge in [-0.3, -0.25) is 0 Å². The van der Waals surface area contributed by atoms with Gasteiger partial charge in [0.2, 0.25) is 0 Å². The van der Waals surface area contributed by atoms with Gasteiger partial charge in [-0.05, 0) is 24.6 Å². The predicted molar refractivity (Wildman–Crippen MR) is 44.6 cm³/mol. The molecular formula is C4BaCaMgO12Sr. The molecule has 96 valence electrons. The van der Waals surface area contributed by atoms with Crippen molar-refractivity contribution in [3.8, 4) is 0 Å². The molecular weight excluding hydrogens is 529 g/mol. The molecule has 0 aromatic carbocycles. The largest absolute Gasteiger partial charge is 2.00 e. The molecule has 0 aromatic heterocycles. The summed E-state index contributed by atoms with van der Waals surface area (Å²) in [6.45, 7) is 0. The fraction of sp³-hybridized carbons (Fsp3) is 0. The normalized spacial score (nSPS) is 4.80. The molecule has 0 amide bonds. The number of rotatable bonds is 0. The summed E-state index contributed by atoms with van der Waals surface area (Å²) in [5, 5.41) is 66.7. The van der Waals surface area contributed by atoms with Gasteiger partial charge in [0.15, 0.2) is 0 Å². The van der Waals surface area contributed by atoms with Crippen LogP contribution >= 0.6 is 0 Å². The summed E-state index contributed by atoms with van der Waals surface area (Å²) in [4.78, 5) is 33.3. The van der Waals surface area contributed by atoms with E-state index in [0.29, 0.717) is 0 Å². The third kappa shape index (κ3) is 1590. The Kier molecular flexibility index (Phi) is 106. The molecule has 0 aromatic rings. The van der Waals surface area contributed by atoms with Crippen LogP contribution in [-0.2, 0) is 0 Å². The van der Waals surface area contributed by atoms with Crippen molar-refractivity contribution in [2.45, 2.75) is 0 Å². The summed E-state index contributed by atoms with van der Waals surface area (Å²) in [5.41, 5.74) is 0. The Hall–Kier alpha value is 2.16. The van der Waals surface area contributed by atoms with Gasteiger partial charge in [-0.25, -0.2) is 0 Å². The zero-order valence-electron chi connectivity index (χ0n) is 9.73. The Morgan fingerprint density at radius 1 is 0.500 bits per heavy atom. The number of carboxylic acid groups (broad SMARTS) is 8. The van der Waals surface area contributed by atoms with Crippen LogP contribution in [0.25, 0.3) is 0 Å². The molecule has 0 atom stereocenters. The summed E-state index contributed by atoms with van der Waals surface area (Å²) in [6.07, 6.45) is -9.33. The summed E-state index contributed by atoms with van der Waals surface area (Å²) < 4.78 is 0. The Morgan fingerprint density at radius 3 is 0.500 bits per heavy atom. The van der Waals surface area contributed by atoms with E-state index in [1.807, 2.05) is 0 Å². The fourth-order valence-electron chi connectivity index (χ4n) is 0. The van der Waals surface area contributed by atoms with Crippen molar-refractivity contribution in [2.75, 3.05) is 0 Å². The summed E-state index contributed by atoms with van der Waals surface area (Å²) in [5.74, 6) is 0.